The smallest absolute Gasteiger partial charge is 0.259 e. The van der Waals surface area contributed by atoms with Crippen LogP contribution in [0.3, 0.4) is 0 Å². The molecule has 1 aliphatic rings. The number of carbonyl (C=O) groups excluding carboxylic acids is 1. The molecule has 2 aromatic heterocycles. The number of pyridine rings is 2. The number of rotatable bonds is 5. The minimum absolute atomic E-state index is 0.00725. The van der Waals surface area contributed by atoms with Crippen LogP contribution in [0.4, 0.5) is 10.2 Å². The van der Waals surface area contributed by atoms with E-state index in [1.807, 2.05) is 0 Å². The number of aliphatic imine (C=N–C) groups is 1. The molecule has 2 aromatic rings. The van der Waals surface area contributed by atoms with Gasteiger partial charge in [0.2, 0.25) is 0 Å². The van der Waals surface area contributed by atoms with E-state index in [0.29, 0.717) is 23.7 Å². The number of anilines is 1. The lowest BCUT2D eigenvalue weighted by Crippen LogP contribution is -2.24. The van der Waals surface area contributed by atoms with Crippen LogP contribution in [0.1, 0.15) is 18.5 Å². The minimum Gasteiger partial charge on any atom is -0.384 e. The highest BCUT2D eigenvalue weighted by atomic mass is 35.5. The largest absolute Gasteiger partial charge is 0.384 e. The average Bonchev–Trinajstić information content (AvgIpc) is 3.39. The van der Waals surface area contributed by atoms with Gasteiger partial charge < -0.3 is 11.1 Å². The molecule has 0 aromatic carbocycles. The van der Waals surface area contributed by atoms with Crippen LogP contribution in [0.2, 0.25) is 5.02 Å². The number of hydrogen-bond donors (Lipinski definition) is 2. The third-order valence-electron chi connectivity index (χ3n) is 3.83. The van der Waals surface area contributed by atoms with Gasteiger partial charge in [0, 0.05) is 18.6 Å². The molecule has 0 unspecified atom stereocenters. The number of amides is 1. The first-order chi connectivity index (χ1) is 12.0. The molecule has 25 heavy (non-hydrogen) atoms. The molecule has 2 heterocycles. The number of amidine groups is 1. The molecule has 128 valence electrons. The summed E-state index contributed by atoms with van der Waals surface area (Å²) < 4.78 is 13.9. The van der Waals surface area contributed by atoms with Gasteiger partial charge in [0.25, 0.3) is 5.91 Å². The molecular weight excluding hydrogens is 345 g/mol. The Morgan fingerprint density at radius 3 is 2.72 bits per heavy atom. The van der Waals surface area contributed by atoms with Crippen molar-refractivity contribution in [2.75, 3.05) is 5.32 Å². The van der Waals surface area contributed by atoms with Gasteiger partial charge in [0.05, 0.1) is 16.1 Å². The Morgan fingerprint density at radius 2 is 2.04 bits per heavy atom. The number of hydrogen-bond acceptors (Lipinski definition) is 4. The SMILES string of the molecule is NC(/C=C\Nc1ncccc1Cl)=NC(=O)C1(c2ncccc2F)CC1. The summed E-state index contributed by atoms with van der Waals surface area (Å²) in [5.74, 6) is -0.562. The van der Waals surface area contributed by atoms with Gasteiger partial charge in [0.1, 0.15) is 17.5 Å². The summed E-state index contributed by atoms with van der Waals surface area (Å²) in [4.78, 5) is 24.3. The van der Waals surface area contributed by atoms with Crippen molar-refractivity contribution in [3.63, 3.8) is 0 Å². The van der Waals surface area contributed by atoms with Crippen molar-refractivity contribution in [1.82, 2.24) is 9.97 Å². The Balaban J connectivity index is 1.70. The highest BCUT2D eigenvalue weighted by Gasteiger charge is 2.54. The summed E-state index contributed by atoms with van der Waals surface area (Å²) in [6, 6.07) is 6.15. The van der Waals surface area contributed by atoms with E-state index >= 15 is 0 Å². The normalized spacial score (nSPS) is 16.0. The van der Waals surface area contributed by atoms with Crippen LogP contribution in [0.5, 0.6) is 0 Å². The maximum Gasteiger partial charge on any atom is 0.259 e. The standard InChI is InChI=1S/C17H15ClFN5O/c18-11-3-1-9-22-15(11)23-10-5-13(20)24-16(25)17(6-7-17)14-12(19)4-2-8-21-14/h1-5,8-10H,6-7H2,(H,22,23)(H2,20,24,25)/b10-5-. The van der Waals surface area contributed by atoms with Crippen LogP contribution < -0.4 is 11.1 Å². The number of aromatic nitrogens is 2. The molecule has 3 N–H and O–H groups in total. The number of carbonyl (C=O) groups is 1. The van der Waals surface area contributed by atoms with Crippen molar-refractivity contribution in [2.24, 2.45) is 10.7 Å². The number of halogens is 2. The monoisotopic (exact) mass is 359 g/mol. The van der Waals surface area contributed by atoms with E-state index in [2.05, 4.69) is 20.3 Å². The highest BCUT2D eigenvalue weighted by Crippen LogP contribution is 2.49. The lowest BCUT2D eigenvalue weighted by Gasteiger charge is -2.11. The van der Waals surface area contributed by atoms with Crippen molar-refractivity contribution >= 4 is 29.2 Å². The fourth-order valence-electron chi connectivity index (χ4n) is 2.37. The average molecular weight is 360 g/mol. The summed E-state index contributed by atoms with van der Waals surface area (Å²) in [5.41, 5.74) is 4.88. The molecule has 0 spiro atoms. The quantitative estimate of drug-likeness (QED) is 0.632. The Labute approximate surface area is 148 Å². The van der Waals surface area contributed by atoms with Gasteiger partial charge in [-0.25, -0.2) is 9.37 Å². The van der Waals surface area contributed by atoms with Crippen LogP contribution in [0.15, 0.2) is 53.9 Å². The zero-order valence-electron chi connectivity index (χ0n) is 13.1. The third kappa shape index (κ3) is 3.66. The molecule has 0 bridgehead atoms. The molecule has 6 nitrogen and oxygen atoms in total. The van der Waals surface area contributed by atoms with E-state index < -0.39 is 17.1 Å². The second-order valence-corrected chi connectivity index (χ2v) is 5.98. The molecule has 1 saturated carbocycles. The van der Waals surface area contributed by atoms with E-state index in [1.165, 1.54) is 30.6 Å². The van der Waals surface area contributed by atoms with Crippen molar-refractivity contribution in [2.45, 2.75) is 18.3 Å². The van der Waals surface area contributed by atoms with Crippen LogP contribution in [0, 0.1) is 5.82 Å². The van der Waals surface area contributed by atoms with Gasteiger partial charge in [-0.2, -0.15) is 4.99 Å². The van der Waals surface area contributed by atoms with Crippen LogP contribution in [0.25, 0.3) is 0 Å². The molecular formula is C17H15ClFN5O. The maximum absolute atomic E-state index is 13.9. The molecule has 3 rings (SSSR count). The molecule has 0 atom stereocenters. The second kappa shape index (κ2) is 6.98. The molecule has 1 amide bonds. The van der Waals surface area contributed by atoms with Gasteiger partial charge in [-0.1, -0.05) is 11.6 Å². The Hall–Kier alpha value is -2.80. The van der Waals surface area contributed by atoms with Gasteiger partial charge in [-0.05, 0) is 43.2 Å². The van der Waals surface area contributed by atoms with Gasteiger partial charge >= 0.3 is 0 Å². The zero-order valence-corrected chi connectivity index (χ0v) is 13.9. The third-order valence-corrected chi connectivity index (χ3v) is 4.14. The van der Waals surface area contributed by atoms with Gasteiger partial charge in [-0.3, -0.25) is 9.78 Å². The lowest BCUT2D eigenvalue weighted by molar-refractivity contribution is -0.120. The predicted molar refractivity (Wildman–Crippen MR) is 93.7 cm³/mol. The van der Waals surface area contributed by atoms with E-state index in [9.17, 15) is 9.18 Å². The lowest BCUT2D eigenvalue weighted by atomic mass is 10.0. The summed E-state index contributed by atoms with van der Waals surface area (Å²) in [7, 11) is 0. The molecule has 0 aliphatic heterocycles. The van der Waals surface area contributed by atoms with Crippen molar-refractivity contribution < 1.29 is 9.18 Å². The van der Waals surface area contributed by atoms with E-state index in [0.717, 1.165) is 0 Å². The summed E-state index contributed by atoms with van der Waals surface area (Å²) in [6.45, 7) is 0. The molecule has 0 radical (unpaired) electrons. The molecule has 0 saturated heterocycles. The zero-order chi connectivity index (χ0) is 17.9. The number of nitrogens with two attached hydrogens (primary N) is 1. The summed E-state index contributed by atoms with van der Waals surface area (Å²) >= 11 is 5.96. The first-order valence-electron chi connectivity index (χ1n) is 7.56. The van der Waals surface area contributed by atoms with Crippen LogP contribution >= 0.6 is 11.6 Å². The Morgan fingerprint density at radius 1 is 1.32 bits per heavy atom. The molecule has 1 fully saturated rings. The first kappa shape index (κ1) is 17.0. The summed E-state index contributed by atoms with van der Waals surface area (Å²) in [5, 5.41) is 3.29. The highest BCUT2D eigenvalue weighted by molar-refractivity contribution is 6.32. The number of nitrogens with one attached hydrogen (secondary N) is 1. The predicted octanol–water partition coefficient (Wildman–Crippen LogP) is 2.81. The Kier molecular flexibility index (Phi) is 4.76. The van der Waals surface area contributed by atoms with Crippen LogP contribution in [-0.4, -0.2) is 21.7 Å². The van der Waals surface area contributed by atoms with E-state index in [1.54, 1.807) is 18.3 Å². The first-order valence-corrected chi connectivity index (χ1v) is 7.94. The summed E-state index contributed by atoms with van der Waals surface area (Å²) in [6.07, 6.45) is 6.93. The topological polar surface area (TPSA) is 93.3 Å². The van der Waals surface area contributed by atoms with Gasteiger partial charge in [-0.15, -0.1) is 0 Å². The molecule has 8 heteroatoms. The van der Waals surface area contributed by atoms with Crippen LogP contribution in [-0.2, 0) is 10.2 Å². The van der Waals surface area contributed by atoms with Crippen molar-refractivity contribution in [3.8, 4) is 0 Å². The van der Waals surface area contributed by atoms with Crippen molar-refractivity contribution in [3.05, 3.63) is 65.5 Å². The van der Waals surface area contributed by atoms with Crippen molar-refractivity contribution in [1.29, 1.82) is 0 Å². The van der Waals surface area contributed by atoms with Gasteiger partial charge in [0.15, 0.2) is 0 Å². The minimum atomic E-state index is -0.998. The fraction of sp³-hybridized carbons (Fsp3) is 0.176. The second-order valence-electron chi connectivity index (χ2n) is 5.57. The molecule has 1 aliphatic carbocycles. The number of nitrogens with zero attached hydrogens (tertiary/aromatic N) is 3. The van der Waals surface area contributed by atoms with E-state index in [4.69, 9.17) is 17.3 Å². The maximum atomic E-state index is 13.9. The van der Waals surface area contributed by atoms with E-state index in [-0.39, 0.29) is 11.5 Å². The Bertz CT molecular complexity index is 864. The fourth-order valence-corrected chi connectivity index (χ4v) is 2.55.